The van der Waals surface area contributed by atoms with E-state index in [2.05, 4.69) is 86.4 Å². The summed E-state index contributed by atoms with van der Waals surface area (Å²) in [6.07, 6.45) is 9.96. The molecular formula is C14H30B2Cl2N2Si2Zr. The first kappa shape index (κ1) is 24.1. The van der Waals surface area contributed by atoms with Gasteiger partial charge >= 0.3 is 147 Å². The summed E-state index contributed by atoms with van der Waals surface area (Å²) in [5, 5.41) is 0. The number of nitrogens with zero attached hydrogens (tertiary/aromatic N) is 2. The van der Waals surface area contributed by atoms with Crippen molar-refractivity contribution in [2.45, 2.75) is 60.0 Å². The van der Waals surface area contributed by atoms with Crippen LogP contribution >= 0.6 is 0 Å². The van der Waals surface area contributed by atoms with Crippen LogP contribution in [0.2, 0.25) is 60.0 Å². The third-order valence-corrected chi connectivity index (χ3v) is 14.2. The van der Waals surface area contributed by atoms with Gasteiger partial charge in [0, 0.05) is 0 Å². The van der Waals surface area contributed by atoms with Crippen LogP contribution in [0.25, 0.3) is 0 Å². The molecule has 0 saturated carbocycles. The second-order valence-corrected chi connectivity index (χ2v) is 22.4. The molecular weight excluding hydrogens is 436 g/mol. The molecule has 2 nitrogen and oxygen atoms in total. The van der Waals surface area contributed by atoms with Gasteiger partial charge in [-0.3, -0.25) is 0 Å². The third kappa shape index (κ3) is 5.54. The number of hydrogen-bond acceptors (Lipinski definition) is 2. The maximum atomic E-state index is 2.71. The van der Waals surface area contributed by atoms with Gasteiger partial charge in [0.1, 0.15) is 0 Å². The Kier molecular flexibility index (Phi) is 9.08. The van der Waals surface area contributed by atoms with Crippen molar-refractivity contribution in [3.05, 3.63) is 24.6 Å². The summed E-state index contributed by atoms with van der Waals surface area (Å²) in [6, 6.07) is 0. The Labute approximate surface area is 170 Å². The van der Waals surface area contributed by atoms with E-state index in [0.29, 0.717) is 0 Å². The van der Waals surface area contributed by atoms with Crippen molar-refractivity contribution in [3.8, 4) is 0 Å². The molecule has 0 aromatic rings. The van der Waals surface area contributed by atoms with Crippen molar-refractivity contribution in [1.29, 1.82) is 0 Å². The second kappa shape index (κ2) is 8.66. The standard InChI is InChI=1S/2C7H15BNSi.2ClH.Zr/c2*1-8-6-5-7-9(8)10(2,3)4;;;/h2*5-7H,1-4H3;2*1H;/q;;;;+2/p-2. The van der Waals surface area contributed by atoms with Gasteiger partial charge in [-0.25, -0.2) is 0 Å². The number of rotatable bonds is 4. The summed E-state index contributed by atoms with van der Waals surface area (Å²) in [7, 11) is -2.39. The average molecular weight is 466 g/mol. The Morgan fingerprint density at radius 1 is 0.739 bits per heavy atom. The fraction of sp³-hybridized carbons (Fsp3) is 0.714. The quantitative estimate of drug-likeness (QED) is 0.457. The van der Waals surface area contributed by atoms with Crippen molar-refractivity contribution in [2.75, 3.05) is 0 Å². The van der Waals surface area contributed by atoms with Crippen LogP contribution < -0.4 is 24.8 Å². The molecule has 0 radical (unpaired) electrons. The molecule has 2 heterocycles. The Hall–Kier alpha value is 1.11. The van der Waals surface area contributed by atoms with Gasteiger partial charge < -0.3 is 24.8 Å². The summed E-state index contributed by atoms with van der Waals surface area (Å²) < 4.78 is 7.19. The largest absolute Gasteiger partial charge is 1.00 e. The topological polar surface area (TPSA) is 6.48 Å². The van der Waals surface area contributed by atoms with Gasteiger partial charge in [-0.1, -0.05) is 0 Å². The monoisotopic (exact) mass is 464 g/mol. The molecule has 0 bridgehead atoms. The molecule has 2 aliphatic rings. The van der Waals surface area contributed by atoms with Gasteiger partial charge in [0.15, 0.2) is 0 Å². The Morgan fingerprint density at radius 2 is 1.04 bits per heavy atom. The first-order valence-corrected chi connectivity index (χ1v) is 17.9. The molecule has 2 rings (SSSR count). The molecule has 0 amide bonds. The van der Waals surface area contributed by atoms with Crippen molar-refractivity contribution in [2.24, 2.45) is 0 Å². The van der Waals surface area contributed by atoms with Gasteiger partial charge in [-0.2, -0.15) is 0 Å². The molecule has 128 valence electrons. The molecule has 2 aliphatic heterocycles. The minimum absolute atomic E-state index is 0. The van der Waals surface area contributed by atoms with Gasteiger partial charge in [0.05, 0.1) is 0 Å². The van der Waals surface area contributed by atoms with Crippen molar-refractivity contribution >= 4 is 30.2 Å². The van der Waals surface area contributed by atoms with E-state index in [1.807, 2.05) is 0 Å². The maximum Gasteiger partial charge on any atom is -1.00 e. The van der Waals surface area contributed by atoms with E-state index in [1.165, 1.54) is 0 Å². The second-order valence-electron chi connectivity index (χ2n) is 8.54. The van der Waals surface area contributed by atoms with Crippen LogP contribution in [0.5, 0.6) is 0 Å². The van der Waals surface area contributed by atoms with Crippen molar-refractivity contribution in [1.82, 2.24) is 8.95 Å². The summed E-state index contributed by atoms with van der Waals surface area (Å²) >= 11 is -0.442. The maximum absolute atomic E-state index is 2.71. The molecule has 23 heavy (non-hydrogen) atoms. The summed E-state index contributed by atoms with van der Waals surface area (Å²) in [6.45, 7) is 21.2. The minimum atomic E-state index is -1.19. The molecule has 9 heteroatoms. The Balaban J connectivity index is 0.00000242. The van der Waals surface area contributed by atoms with Crippen LogP contribution in [0.15, 0.2) is 24.6 Å². The SMILES string of the molecule is CB1[CH]([Zr+2][CH]2C=CN([Si](C)(C)C)B2C)C=CN1[Si](C)(C)C.[Cl-].[Cl-]. The van der Waals surface area contributed by atoms with E-state index >= 15 is 0 Å². The van der Waals surface area contributed by atoms with Crippen LogP contribution in [0, 0.1) is 0 Å². The van der Waals surface area contributed by atoms with E-state index in [1.54, 1.807) is 0 Å². The smallest absolute Gasteiger partial charge is 1.00 e. The van der Waals surface area contributed by atoms with E-state index in [4.69, 9.17) is 0 Å². The van der Waals surface area contributed by atoms with Crippen LogP contribution in [0.3, 0.4) is 0 Å². The van der Waals surface area contributed by atoms with Crippen LogP contribution in [-0.2, 0) is 23.2 Å². The van der Waals surface area contributed by atoms with Gasteiger partial charge in [0.2, 0.25) is 0 Å². The van der Waals surface area contributed by atoms with Gasteiger partial charge in [-0.15, -0.1) is 0 Å². The van der Waals surface area contributed by atoms with Gasteiger partial charge in [0.25, 0.3) is 0 Å². The number of hydrogen-bond donors (Lipinski definition) is 0. The minimum Gasteiger partial charge on any atom is -1.00 e. The van der Waals surface area contributed by atoms with Crippen LogP contribution in [0.1, 0.15) is 0 Å². The fourth-order valence-corrected chi connectivity index (χ4v) is 12.4. The molecule has 0 aromatic heterocycles. The van der Waals surface area contributed by atoms with Crippen LogP contribution in [-0.4, -0.2) is 39.1 Å². The molecule has 0 saturated heterocycles. The number of halogens is 2. The van der Waals surface area contributed by atoms with Gasteiger partial charge in [-0.05, 0) is 0 Å². The normalized spacial score (nSPS) is 23.8. The Morgan fingerprint density at radius 3 is 1.26 bits per heavy atom. The molecule has 2 atom stereocenters. The van der Waals surface area contributed by atoms with E-state index in [0.717, 1.165) is 20.7 Å². The molecule has 0 fully saturated rings. The van der Waals surface area contributed by atoms with E-state index in [9.17, 15) is 0 Å². The molecule has 0 N–H and O–H groups in total. The first-order chi connectivity index (χ1) is 9.51. The molecule has 0 aromatic carbocycles. The predicted molar refractivity (Wildman–Crippen MR) is 99.4 cm³/mol. The average Bonchev–Trinajstić information content (AvgIpc) is 2.83. The first-order valence-electron chi connectivity index (χ1n) is 8.21. The molecule has 0 aliphatic carbocycles. The van der Waals surface area contributed by atoms with Crippen LogP contribution in [0.4, 0.5) is 0 Å². The summed E-state index contributed by atoms with van der Waals surface area (Å²) in [5.41, 5.74) is 0. The van der Waals surface area contributed by atoms with E-state index in [-0.39, 0.29) is 24.8 Å². The molecule has 0 spiro atoms. The van der Waals surface area contributed by atoms with Crippen molar-refractivity contribution in [3.63, 3.8) is 0 Å². The number of allylic oxidation sites excluding steroid dienone is 2. The zero-order valence-corrected chi connectivity index (χ0v) is 21.7. The Bertz CT molecular complexity index is 415. The zero-order chi connectivity index (χ0) is 16.0. The summed E-state index contributed by atoms with van der Waals surface area (Å²) in [4.78, 5) is 0. The predicted octanol–water partition coefficient (Wildman–Crippen LogP) is -1.70. The van der Waals surface area contributed by atoms with Crippen molar-refractivity contribution < 1.29 is 48.0 Å². The third-order valence-electron chi connectivity index (χ3n) is 4.76. The fourth-order valence-electron chi connectivity index (χ4n) is 3.59. The molecule has 2 unspecified atom stereocenters. The van der Waals surface area contributed by atoms with E-state index < -0.39 is 39.7 Å². The zero-order valence-electron chi connectivity index (χ0n) is 15.8. The summed E-state index contributed by atoms with van der Waals surface area (Å²) in [5.74, 6) is 0.